The molecule has 0 aromatic rings. The molecule has 0 aromatic carbocycles. The van der Waals surface area contributed by atoms with E-state index in [0.717, 1.165) is 19.4 Å². The smallest absolute Gasteiger partial charge is 0.410 e. The van der Waals surface area contributed by atoms with Crippen LogP contribution in [0.1, 0.15) is 33.6 Å². The number of amides is 2. The first-order valence-electron chi connectivity index (χ1n) is 7.37. The summed E-state index contributed by atoms with van der Waals surface area (Å²) in [6.45, 7) is 8.78. The van der Waals surface area contributed by atoms with Crippen molar-refractivity contribution in [3.05, 3.63) is 0 Å². The molecule has 6 heteroatoms. The van der Waals surface area contributed by atoms with E-state index in [-0.39, 0.29) is 18.0 Å². The second-order valence-electron chi connectivity index (χ2n) is 6.44. The van der Waals surface area contributed by atoms with Crippen molar-refractivity contribution in [3.63, 3.8) is 0 Å². The molecule has 0 spiro atoms. The van der Waals surface area contributed by atoms with Gasteiger partial charge in [0, 0.05) is 26.2 Å². The Kier molecular flexibility index (Phi) is 4.52. The lowest BCUT2D eigenvalue weighted by atomic mass is 10.2. The molecule has 2 heterocycles. The van der Waals surface area contributed by atoms with Gasteiger partial charge in [0.25, 0.3) is 0 Å². The third-order valence-corrected chi connectivity index (χ3v) is 3.60. The lowest BCUT2D eigenvalue weighted by Crippen LogP contribution is -2.54. The molecule has 114 valence electrons. The molecule has 2 aliphatic rings. The predicted molar refractivity (Wildman–Crippen MR) is 75.4 cm³/mol. The fourth-order valence-electron chi connectivity index (χ4n) is 2.55. The van der Waals surface area contributed by atoms with Gasteiger partial charge in [-0.05, 0) is 40.2 Å². The molecule has 0 aliphatic carbocycles. The van der Waals surface area contributed by atoms with Gasteiger partial charge >= 0.3 is 6.09 Å². The highest BCUT2D eigenvalue weighted by molar-refractivity contribution is 5.82. The van der Waals surface area contributed by atoms with Gasteiger partial charge in [0.15, 0.2) is 0 Å². The van der Waals surface area contributed by atoms with Gasteiger partial charge < -0.3 is 19.9 Å². The van der Waals surface area contributed by atoms with Crippen molar-refractivity contribution in [3.8, 4) is 0 Å². The van der Waals surface area contributed by atoms with Gasteiger partial charge in [0.2, 0.25) is 5.91 Å². The number of nitrogens with zero attached hydrogens (tertiary/aromatic N) is 2. The summed E-state index contributed by atoms with van der Waals surface area (Å²) in [5, 5.41) is 3.22. The predicted octanol–water partition coefficient (Wildman–Crippen LogP) is 0.818. The molecule has 2 saturated heterocycles. The summed E-state index contributed by atoms with van der Waals surface area (Å²) in [5.74, 6) is 0.173. The normalized spacial score (nSPS) is 23.9. The first-order chi connectivity index (χ1) is 9.37. The van der Waals surface area contributed by atoms with Crippen molar-refractivity contribution >= 4 is 12.0 Å². The fourth-order valence-corrected chi connectivity index (χ4v) is 2.55. The maximum absolute atomic E-state index is 12.2. The fraction of sp³-hybridized carbons (Fsp3) is 0.857. The number of nitrogens with one attached hydrogen (secondary N) is 1. The molecule has 2 aliphatic heterocycles. The average Bonchev–Trinajstić information content (AvgIpc) is 2.90. The lowest BCUT2D eigenvalue weighted by Gasteiger charge is -2.36. The number of rotatable bonds is 1. The van der Waals surface area contributed by atoms with Crippen molar-refractivity contribution in [1.82, 2.24) is 15.1 Å². The topological polar surface area (TPSA) is 61.9 Å². The van der Waals surface area contributed by atoms with Crippen LogP contribution in [0.3, 0.4) is 0 Å². The minimum Gasteiger partial charge on any atom is -0.444 e. The van der Waals surface area contributed by atoms with Crippen LogP contribution < -0.4 is 5.32 Å². The maximum atomic E-state index is 12.2. The van der Waals surface area contributed by atoms with Crippen molar-refractivity contribution in [1.29, 1.82) is 0 Å². The van der Waals surface area contributed by atoms with Gasteiger partial charge in [-0.25, -0.2) is 4.79 Å². The summed E-state index contributed by atoms with van der Waals surface area (Å²) in [6, 6.07) is -0.0249. The minimum absolute atomic E-state index is 0.0249. The summed E-state index contributed by atoms with van der Waals surface area (Å²) in [6.07, 6.45) is 1.70. The minimum atomic E-state index is -0.474. The molecular weight excluding hydrogens is 258 g/mol. The van der Waals surface area contributed by atoms with E-state index in [4.69, 9.17) is 4.74 Å². The van der Waals surface area contributed by atoms with Crippen LogP contribution >= 0.6 is 0 Å². The highest BCUT2D eigenvalue weighted by Gasteiger charge is 2.31. The molecule has 0 unspecified atom stereocenters. The third kappa shape index (κ3) is 3.85. The first kappa shape index (κ1) is 15.1. The van der Waals surface area contributed by atoms with E-state index in [9.17, 15) is 9.59 Å². The zero-order valence-corrected chi connectivity index (χ0v) is 12.6. The molecule has 0 aromatic heterocycles. The van der Waals surface area contributed by atoms with E-state index in [1.807, 2.05) is 25.7 Å². The lowest BCUT2D eigenvalue weighted by molar-refractivity contribution is -0.134. The molecule has 1 N–H and O–H groups in total. The van der Waals surface area contributed by atoms with Crippen LogP contribution in [0.15, 0.2) is 0 Å². The van der Waals surface area contributed by atoms with Crippen LogP contribution in [-0.2, 0) is 9.53 Å². The summed E-state index contributed by atoms with van der Waals surface area (Å²) in [7, 11) is 0. The van der Waals surface area contributed by atoms with Gasteiger partial charge in [-0.15, -0.1) is 0 Å². The summed E-state index contributed by atoms with van der Waals surface area (Å²) in [4.78, 5) is 27.7. The highest BCUT2D eigenvalue weighted by atomic mass is 16.6. The van der Waals surface area contributed by atoms with Crippen LogP contribution in [0, 0.1) is 0 Å². The largest absolute Gasteiger partial charge is 0.444 e. The quantitative estimate of drug-likeness (QED) is 0.774. The average molecular weight is 283 g/mol. The molecule has 0 bridgehead atoms. The Hall–Kier alpha value is -1.30. The van der Waals surface area contributed by atoms with E-state index in [1.165, 1.54) is 0 Å². The molecule has 2 fully saturated rings. The van der Waals surface area contributed by atoms with Gasteiger partial charge in [-0.1, -0.05) is 0 Å². The zero-order valence-electron chi connectivity index (χ0n) is 12.6. The van der Waals surface area contributed by atoms with Crippen molar-refractivity contribution in [2.75, 3.05) is 32.7 Å². The van der Waals surface area contributed by atoms with Crippen molar-refractivity contribution in [2.45, 2.75) is 45.3 Å². The van der Waals surface area contributed by atoms with Crippen LogP contribution in [0.25, 0.3) is 0 Å². The van der Waals surface area contributed by atoms with Crippen LogP contribution in [0.4, 0.5) is 4.79 Å². The van der Waals surface area contributed by atoms with E-state index in [1.54, 1.807) is 4.90 Å². The van der Waals surface area contributed by atoms with Gasteiger partial charge in [0.1, 0.15) is 5.60 Å². The Morgan fingerprint density at radius 1 is 1.10 bits per heavy atom. The molecule has 0 radical (unpaired) electrons. The van der Waals surface area contributed by atoms with E-state index in [0.29, 0.717) is 26.2 Å². The van der Waals surface area contributed by atoms with Crippen LogP contribution in [0.2, 0.25) is 0 Å². The number of hydrogen-bond acceptors (Lipinski definition) is 4. The number of carbonyl (C=O) groups excluding carboxylic acids is 2. The van der Waals surface area contributed by atoms with Crippen LogP contribution in [-0.4, -0.2) is 66.2 Å². The summed E-state index contributed by atoms with van der Waals surface area (Å²) >= 11 is 0. The molecule has 2 rings (SSSR count). The third-order valence-electron chi connectivity index (χ3n) is 3.60. The summed E-state index contributed by atoms with van der Waals surface area (Å²) in [5.41, 5.74) is -0.474. The van der Waals surface area contributed by atoms with Gasteiger partial charge in [0.05, 0.1) is 6.04 Å². The summed E-state index contributed by atoms with van der Waals surface area (Å²) < 4.78 is 5.34. The Morgan fingerprint density at radius 3 is 2.20 bits per heavy atom. The van der Waals surface area contributed by atoms with E-state index < -0.39 is 5.60 Å². The number of ether oxygens (including phenoxy) is 1. The zero-order chi connectivity index (χ0) is 14.8. The maximum Gasteiger partial charge on any atom is 0.410 e. The van der Waals surface area contributed by atoms with E-state index >= 15 is 0 Å². The second-order valence-corrected chi connectivity index (χ2v) is 6.44. The number of hydrogen-bond donors (Lipinski definition) is 1. The first-order valence-corrected chi connectivity index (χ1v) is 7.37. The molecule has 1 atom stereocenters. The molecular formula is C14H25N3O3. The number of carbonyl (C=O) groups is 2. The Balaban J connectivity index is 1.80. The van der Waals surface area contributed by atoms with Gasteiger partial charge in [-0.3, -0.25) is 4.79 Å². The second kappa shape index (κ2) is 5.99. The number of piperazine rings is 1. The molecule has 0 saturated carbocycles. The van der Waals surface area contributed by atoms with Crippen LogP contribution in [0.5, 0.6) is 0 Å². The SMILES string of the molecule is CC(C)(C)OC(=O)N1CCN(C(=O)[C@@H]2CCCN2)CC1. The van der Waals surface area contributed by atoms with E-state index in [2.05, 4.69) is 5.32 Å². The van der Waals surface area contributed by atoms with Gasteiger partial charge in [-0.2, -0.15) is 0 Å². The Labute approximate surface area is 120 Å². The molecule has 20 heavy (non-hydrogen) atoms. The Morgan fingerprint density at radius 2 is 1.70 bits per heavy atom. The highest BCUT2D eigenvalue weighted by Crippen LogP contribution is 2.14. The molecule has 2 amide bonds. The Bertz CT molecular complexity index is 364. The van der Waals surface area contributed by atoms with Crippen molar-refractivity contribution in [2.24, 2.45) is 0 Å². The van der Waals surface area contributed by atoms with Crippen molar-refractivity contribution < 1.29 is 14.3 Å². The monoisotopic (exact) mass is 283 g/mol. The molecule has 6 nitrogen and oxygen atoms in total. The standard InChI is InChI=1S/C14H25N3O3/c1-14(2,3)20-13(19)17-9-7-16(8-10-17)12(18)11-5-4-6-15-11/h11,15H,4-10H2,1-3H3/t11-/m0/s1.